The van der Waals surface area contributed by atoms with Crippen LogP contribution in [0.4, 0.5) is 8.78 Å². The van der Waals surface area contributed by atoms with Gasteiger partial charge in [0.05, 0.1) is 25.3 Å². The zero-order valence-electron chi connectivity index (χ0n) is 45.5. The summed E-state index contributed by atoms with van der Waals surface area (Å²) in [6.07, 6.45) is 0.712. The van der Waals surface area contributed by atoms with E-state index in [2.05, 4.69) is 0 Å². The Balaban J connectivity index is 0.648. The number of amides is 8. The molecule has 412 valence electrons. The molecular weight excluding hydrogens is 1080 g/mol. The van der Waals surface area contributed by atoms with Gasteiger partial charge in [0.2, 0.25) is 0 Å². The molecule has 12 aromatic carbocycles. The van der Waals surface area contributed by atoms with Gasteiger partial charge in [0.1, 0.15) is 11.6 Å². The number of carbonyl (C=O) groups excluding carboxylic acids is 8. The molecule has 4 aliphatic heterocycles. The van der Waals surface area contributed by atoms with Crippen LogP contribution in [0.5, 0.6) is 0 Å². The van der Waals surface area contributed by atoms with Gasteiger partial charge in [-0.1, -0.05) is 72.8 Å². The summed E-state index contributed by atoms with van der Waals surface area (Å²) in [7, 11) is 0. The van der Waals surface area contributed by atoms with Crippen molar-refractivity contribution in [2.45, 2.75) is 38.8 Å². The van der Waals surface area contributed by atoms with E-state index in [4.69, 9.17) is 4.74 Å². The van der Waals surface area contributed by atoms with Crippen molar-refractivity contribution in [1.29, 1.82) is 0 Å². The number of nitrogens with zero attached hydrogens (tertiary/aromatic N) is 4. The van der Waals surface area contributed by atoms with Gasteiger partial charge in [-0.2, -0.15) is 0 Å². The Morgan fingerprint density at radius 1 is 0.306 bits per heavy atom. The lowest BCUT2D eigenvalue weighted by Crippen LogP contribution is -2.49. The highest BCUT2D eigenvalue weighted by atomic mass is 19.1. The first kappa shape index (κ1) is 50.4. The molecule has 13 nitrogen and oxygen atoms in total. The first-order valence-corrected chi connectivity index (χ1v) is 28.1. The lowest BCUT2D eigenvalue weighted by Gasteiger charge is -2.34. The van der Waals surface area contributed by atoms with Crippen LogP contribution in [0.3, 0.4) is 0 Å². The van der Waals surface area contributed by atoms with E-state index in [1.165, 1.54) is 43.9 Å². The van der Waals surface area contributed by atoms with Crippen LogP contribution in [0.15, 0.2) is 146 Å². The van der Waals surface area contributed by atoms with Crippen LogP contribution in [0.2, 0.25) is 0 Å². The molecule has 0 saturated heterocycles. The van der Waals surface area contributed by atoms with Crippen LogP contribution >= 0.6 is 0 Å². The number of halogens is 2. The summed E-state index contributed by atoms with van der Waals surface area (Å²) in [5.41, 5.74) is 4.43. The van der Waals surface area contributed by atoms with E-state index < -0.39 is 59.3 Å². The van der Waals surface area contributed by atoms with Crippen molar-refractivity contribution in [3.63, 3.8) is 0 Å². The Kier molecular flexibility index (Phi) is 10.7. The lowest BCUT2D eigenvalue weighted by atomic mass is 9.82. The Morgan fingerprint density at radius 3 is 0.765 bits per heavy atom. The summed E-state index contributed by atoms with van der Waals surface area (Å²) >= 11 is 0. The molecule has 0 aliphatic carbocycles. The Bertz CT molecular complexity index is 4580. The third-order valence-corrected chi connectivity index (χ3v) is 18.2. The quantitative estimate of drug-likeness (QED) is 0.0659. The molecule has 0 radical (unpaired) electrons. The molecule has 4 aliphatic rings. The fourth-order valence-electron chi connectivity index (χ4n) is 14.2. The molecule has 16 rings (SSSR count). The minimum Gasteiger partial charge on any atom is -0.377 e. The van der Waals surface area contributed by atoms with Gasteiger partial charge >= 0.3 is 0 Å². The molecular formula is C70H44F2N4O9. The maximum Gasteiger partial charge on any atom is 0.261 e. The molecule has 85 heavy (non-hydrogen) atoms. The summed E-state index contributed by atoms with van der Waals surface area (Å²) in [5.74, 6) is -4.48. The van der Waals surface area contributed by atoms with Crippen LogP contribution < -0.4 is 0 Å². The maximum absolute atomic E-state index is 14.6. The molecule has 0 fully saturated rings. The molecule has 4 heterocycles. The predicted octanol–water partition coefficient (Wildman–Crippen LogP) is 12.4. The topological polar surface area (TPSA) is 159 Å². The highest BCUT2D eigenvalue weighted by Gasteiger charge is 2.42. The standard InChI is InChI=1S/C70H44F2N4O9/c1-33(75-67(81)51-23-15-43-39-11-19-47-59-48(64(78)73(63(47)77)29-27-35-3-7-37(71)8-4-35)20-12-40(55(39)59)44-16-24-52(68(75)82)61(51)57(43)44)31-85-32-34(2)76-69(83)53-25-17-45-41-13-21-49-60-50(66(80)74(65(49)79)30-28-36-5-9-38(72)10-6-36)22-14-42(56(41)60)46-18-26-54(70(76)84)62(53)58(45)46/h3-26,33-34H,27-32H2,1-2H3. The van der Waals surface area contributed by atoms with E-state index in [1.54, 1.807) is 86.6 Å². The highest BCUT2D eigenvalue weighted by molar-refractivity contribution is 6.43. The van der Waals surface area contributed by atoms with Crippen LogP contribution in [-0.2, 0) is 17.6 Å². The second-order valence-corrected chi connectivity index (χ2v) is 22.8. The summed E-state index contributed by atoms with van der Waals surface area (Å²) in [4.78, 5) is 120. The Morgan fingerprint density at radius 2 is 0.529 bits per heavy atom. The minimum atomic E-state index is -0.772. The molecule has 2 atom stereocenters. The number of hydrogen-bond acceptors (Lipinski definition) is 9. The summed E-state index contributed by atoms with van der Waals surface area (Å²) in [5, 5.41) is 11.0. The Hall–Kier alpha value is -10.4. The van der Waals surface area contributed by atoms with Crippen molar-refractivity contribution in [1.82, 2.24) is 19.6 Å². The van der Waals surface area contributed by atoms with Gasteiger partial charge in [-0.05, 0) is 175 Å². The van der Waals surface area contributed by atoms with Crippen LogP contribution in [0.1, 0.15) is 108 Å². The normalized spacial score (nSPS) is 15.9. The van der Waals surface area contributed by atoms with E-state index in [0.717, 1.165) is 65.0 Å². The molecule has 0 N–H and O–H groups in total. The maximum atomic E-state index is 14.6. The molecule has 15 heteroatoms. The first-order chi connectivity index (χ1) is 41.2. The van der Waals surface area contributed by atoms with Crippen LogP contribution in [0.25, 0.3) is 86.2 Å². The molecule has 8 amide bonds. The van der Waals surface area contributed by atoms with E-state index >= 15 is 0 Å². The van der Waals surface area contributed by atoms with Crippen molar-refractivity contribution < 1.29 is 51.9 Å². The van der Waals surface area contributed by atoms with Crippen LogP contribution in [-0.4, -0.2) is 105 Å². The summed E-state index contributed by atoms with van der Waals surface area (Å²) in [6, 6.07) is 38.9. The summed E-state index contributed by atoms with van der Waals surface area (Å²) in [6.45, 7) is 3.43. The van der Waals surface area contributed by atoms with Crippen molar-refractivity contribution in [3.8, 4) is 0 Å². The third-order valence-electron chi connectivity index (χ3n) is 18.2. The second kappa shape index (κ2) is 18.1. The zero-order valence-corrected chi connectivity index (χ0v) is 45.5. The number of fused-ring (bicyclic) bond motifs is 4. The van der Waals surface area contributed by atoms with E-state index in [9.17, 15) is 47.1 Å². The third kappa shape index (κ3) is 6.92. The predicted molar refractivity (Wildman–Crippen MR) is 317 cm³/mol. The average Bonchev–Trinajstić information content (AvgIpc) is 0.806. The van der Waals surface area contributed by atoms with E-state index in [0.29, 0.717) is 89.7 Å². The number of rotatable bonds is 12. The minimum absolute atomic E-state index is 0.105. The smallest absolute Gasteiger partial charge is 0.261 e. The molecule has 2 unspecified atom stereocenters. The van der Waals surface area contributed by atoms with E-state index in [1.807, 2.05) is 48.5 Å². The molecule has 0 spiro atoms. The zero-order chi connectivity index (χ0) is 58.2. The van der Waals surface area contributed by atoms with Gasteiger partial charge in [0.15, 0.2) is 0 Å². The fourth-order valence-corrected chi connectivity index (χ4v) is 14.2. The number of benzene rings is 12. The van der Waals surface area contributed by atoms with Crippen molar-refractivity contribution in [2.75, 3.05) is 26.3 Å². The van der Waals surface area contributed by atoms with Crippen molar-refractivity contribution in [2.24, 2.45) is 0 Å². The highest BCUT2D eigenvalue weighted by Crippen LogP contribution is 2.49. The second-order valence-electron chi connectivity index (χ2n) is 22.8. The molecule has 0 saturated carbocycles. The van der Waals surface area contributed by atoms with Gasteiger partial charge in [-0.3, -0.25) is 58.0 Å². The average molecular weight is 1120 g/mol. The first-order valence-electron chi connectivity index (χ1n) is 28.1. The molecule has 0 bridgehead atoms. The van der Waals surface area contributed by atoms with Gasteiger partial charge in [0.25, 0.3) is 47.3 Å². The number of hydrogen-bond donors (Lipinski definition) is 0. The van der Waals surface area contributed by atoms with Gasteiger partial charge in [-0.25, -0.2) is 8.78 Å². The SMILES string of the molecule is CC(COCC(C)N1C(=O)c2ccc3c4ccc5c6c(ccc(c7ccc(c2c37)C1=O)c64)C(=O)N(CCc1ccc(F)cc1)C5=O)N1C(=O)c2ccc3c4ccc5c6c(ccc(c7ccc(c2c37)C1=O)c64)C(=O)N(CCc1ccc(F)cc1)C5=O. The fraction of sp³-hybridized carbons (Fsp3) is 0.143. The van der Waals surface area contributed by atoms with Gasteiger partial charge in [0, 0.05) is 79.1 Å². The van der Waals surface area contributed by atoms with Crippen LogP contribution in [0, 0.1) is 11.6 Å². The van der Waals surface area contributed by atoms with Gasteiger partial charge < -0.3 is 4.74 Å². The monoisotopic (exact) mass is 1120 g/mol. The number of carbonyl (C=O) groups is 8. The number of imide groups is 4. The van der Waals surface area contributed by atoms with Crippen molar-refractivity contribution in [3.05, 3.63) is 213 Å². The van der Waals surface area contributed by atoms with Gasteiger partial charge in [-0.15, -0.1) is 0 Å². The number of ether oxygens (including phenoxy) is 1. The molecule has 0 aromatic heterocycles. The molecule has 12 aromatic rings. The van der Waals surface area contributed by atoms with Crippen molar-refractivity contribution >= 4 is 133 Å². The summed E-state index contributed by atoms with van der Waals surface area (Å²) < 4.78 is 33.4. The largest absolute Gasteiger partial charge is 0.377 e. The van der Waals surface area contributed by atoms with E-state index in [-0.39, 0.29) is 37.9 Å². The Labute approximate surface area is 480 Å². The lowest BCUT2D eigenvalue weighted by molar-refractivity contribution is 0.0235.